The van der Waals surface area contributed by atoms with Crippen molar-refractivity contribution in [2.75, 3.05) is 12.4 Å². The van der Waals surface area contributed by atoms with Crippen LogP contribution < -0.4 is 5.32 Å². The number of carboxylic acid groups (broad SMARTS) is 1. The van der Waals surface area contributed by atoms with Gasteiger partial charge in [-0.05, 0) is 30.4 Å². The average molecular weight is 292 g/mol. The molecule has 2 amide bonds. The largest absolute Gasteiger partial charge is 0.480 e. The van der Waals surface area contributed by atoms with E-state index in [0.717, 1.165) is 16.8 Å². The van der Waals surface area contributed by atoms with E-state index in [4.69, 9.17) is 5.11 Å². The molecular formula is C16H24N2O3. The fourth-order valence-electron chi connectivity index (χ4n) is 2.29. The van der Waals surface area contributed by atoms with Crippen molar-refractivity contribution in [3.63, 3.8) is 0 Å². The fourth-order valence-corrected chi connectivity index (χ4v) is 2.29. The third-order valence-corrected chi connectivity index (χ3v) is 3.62. The first-order chi connectivity index (χ1) is 9.79. The van der Waals surface area contributed by atoms with E-state index in [1.54, 1.807) is 6.92 Å². The Labute approximate surface area is 126 Å². The van der Waals surface area contributed by atoms with Gasteiger partial charge in [0.2, 0.25) is 0 Å². The van der Waals surface area contributed by atoms with Crippen molar-refractivity contribution < 1.29 is 14.7 Å². The molecule has 0 aliphatic carbocycles. The summed E-state index contributed by atoms with van der Waals surface area (Å²) >= 11 is 0. The lowest BCUT2D eigenvalue weighted by Gasteiger charge is -2.25. The topological polar surface area (TPSA) is 69.6 Å². The minimum Gasteiger partial charge on any atom is -0.480 e. The highest BCUT2D eigenvalue weighted by molar-refractivity contribution is 5.93. The number of likely N-dealkylation sites (N-methyl/N-ethyl adjacent to an activating group) is 1. The number of rotatable bonds is 5. The Morgan fingerprint density at radius 1 is 1.33 bits per heavy atom. The van der Waals surface area contributed by atoms with Crippen molar-refractivity contribution in [1.29, 1.82) is 0 Å². The van der Waals surface area contributed by atoms with Crippen molar-refractivity contribution in [2.45, 2.75) is 46.1 Å². The lowest BCUT2D eigenvalue weighted by molar-refractivity contribution is -0.141. The van der Waals surface area contributed by atoms with Crippen LogP contribution >= 0.6 is 0 Å². The van der Waals surface area contributed by atoms with E-state index in [9.17, 15) is 9.59 Å². The number of nitrogens with one attached hydrogen (secondary N) is 1. The summed E-state index contributed by atoms with van der Waals surface area (Å²) in [5.74, 6) is -0.726. The molecular weight excluding hydrogens is 268 g/mol. The van der Waals surface area contributed by atoms with Crippen molar-refractivity contribution in [1.82, 2.24) is 4.90 Å². The molecule has 0 heterocycles. The van der Waals surface area contributed by atoms with Gasteiger partial charge in [0.05, 0.1) is 0 Å². The summed E-state index contributed by atoms with van der Waals surface area (Å²) in [6.07, 6.45) is 0.365. The Kier molecular flexibility index (Phi) is 5.76. The number of carbonyl (C=O) groups excluding carboxylic acids is 1. The molecule has 5 nitrogen and oxygen atoms in total. The van der Waals surface area contributed by atoms with Gasteiger partial charge >= 0.3 is 12.0 Å². The number of urea groups is 1. The van der Waals surface area contributed by atoms with E-state index in [2.05, 4.69) is 19.2 Å². The number of anilines is 1. The second kappa shape index (κ2) is 7.11. The number of carboxylic acids is 1. The third-order valence-electron chi connectivity index (χ3n) is 3.62. The van der Waals surface area contributed by atoms with Gasteiger partial charge in [-0.1, -0.05) is 39.0 Å². The maximum atomic E-state index is 12.3. The quantitative estimate of drug-likeness (QED) is 0.873. The monoisotopic (exact) mass is 292 g/mol. The summed E-state index contributed by atoms with van der Waals surface area (Å²) < 4.78 is 0. The molecule has 1 unspecified atom stereocenters. The Hall–Kier alpha value is -2.04. The van der Waals surface area contributed by atoms with Crippen molar-refractivity contribution >= 4 is 17.7 Å². The molecule has 0 saturated heterocycles. The van der Waals surface area contributed by atoms with Gasteiger partial charge in [0.15, 0.2) is 0 Å². The number of aliphatic carboxylic acids is 1. The molecule has 0 spiro atoms. The summed E-state index contributed by atoms with van der Waals surface area (Å²) in [6, 6.07) is 4.63. The number of para-hydroxylation sites is 1. The van der Waals surface area contributed by atoms with Gasteiger partial charge in [-0.2, -0.15) is 0 Å². The highest BCUT2D eigenvalue weighted by Crippen LogP contribution is 2.27. The zero-order valence-corrected chi connectivity index (χ0v) is 13.3. The molecule has 116 valence electrons. The van der Waals surface area contributed by atoms with Crippen LogP contribution in [0.3, 0.4) is 0 Å². The van der Waals surface area contributed by atoms with Gasteiger partial charge in [0.25, 0.3) is 0 Å². The van der Waals surface area contributed by atoms with E-state index in [1.165, 1.54) is 11.9 Å². The zero-order valence-electron chi connectivity index (χ0n) is 13.3. The van der Waals surface area contributed by atoms with Crippen LogP contribution in [0.25, 0.3) is 0 Å². The van der Waals surface area contributed by atoms with Crippen LogP contribution in [0.15, 0.2) is 18.2 Å². The molecule has 0 aliphatic heterocycles. The Morgan fingerprint density at radius 2 is 1.95 bits per heavy atom. The second-order valence-electron chi connectivity index (χ2n) is 5.50. The van der Waals surface area contributed by atoms with E-state index in [1.807, 2.05) is 25.1 Å². The number of aryl methyl sites for hydroxylation is 1. The molecule has 1 aromatic carbocycles. The lowest BCUT2D eigenvalue weighted by Crippen LogP contribution is -2.44. The van der Waals surface area contributed by atoms with Crippen LogP contribution in [0.2, 0.25) is 0 Å². The predicted molar refractivity (Wildman–Crippen MR) is 83.8 cm³/mol. The fraction of sp³-hybridized carbons (Fsp3) is 0.500. The maximum absolute atomic E-state index is 12.3. The van der Waals surface area contributed by atoms with Crippen LogP contribution in [-0.2, 0) is 4.79 Å². The number of carbonyl (C=O) groups is 2. The highest BCUT2D eigenvalue weighted by Gasteiger charge is 2.25. The lowest BCUT2D eigenvalue weighted by atomic mass is 9.98. The minimum atomic E-state index is -0.996. The van der Waals surface area contributed by atoms with Crippen LogP contribution in [0, 0.1) is 6.92 Å². The number of benzene rings is 1. The first kappa shape index (κ1) is 17.0. The van der Waals surface area contributed by atoms with Gasteiger partial charge in [0.1, 0.15) is 6.04 Å². The van der Waals surface area contributed by atoms with Crippen LogP contribution in [0.4, 0.5) is 10.5 Å². The first-order valence-electron chi connectivity index (χ1n) is 7.15. The number of amides is 2. The smallest absolute Gasteiger partial charge is 0.326 e. The predicted octanol–water partition coefficient (Wildman–Crippen LogP) is 3.45. The molecule has 1 atom stereocenters. The highest BCUT2D eigenvalue weighted by atomic mass is 16.4. The maximum Gasteiger partial charge on any atom is 0.326 e. The molecule has 0 aromatic heterocycles. The Balaban J connectivity index is 3.01. The molecule has 21 heavy (non-hydrogen) atoms. The van der Waals surface area contributed by atoms with Crippen molar-refractivity contribution in [3.8, 4) is 0 Å². The van der Waals surface area contributed by atoms with E-state index < -0.39 is 18.0 Å². The average Bonchev–Trinajstić information content (AvgIpc) is 2.40. The zero-order chi connectivity index (χ0) is 16.2. The SMILES string of the molecule is CCC(C(=O)O)N(C)C(=O)Nc1c(C)cccc1C(C)C. The molecule has 0 saturated carbocycles. The molecule has 0 bridgehead atoms. The number of hydrogen-bond acceptors (Lipinski definition) is 2. The van der Waals surface area contributed by atoms with Gasteiger partial charge in [-0.25, -0.2) is 9.59 Å². The summed E-state index contributed by atoms with van der Waals surface area (Å²) in [5.41, 5.74) is 2.77. The minimum absolute atomic E-state index is 0.270. The van der Waals surface area contributed by atoms with E-state index in [0.29, 0.717) is 6.42 Å². The standard InChI is InChI=1S/C16H24N2O3/c1-6-13(15(19)20)18(5)16(21)17-14-11(4)8-7-9-12(14)10(2)3/h7-10,13H,6H2,1-5H3,(H,17,21)(H,19,20). The molecule has 0 aliphatic rings. The van der Waals surface area contributed by atoms with Gasteiger partial charge < -0.3 is 15.3 Å². The van der Waals surface area contributed by atoms with Gasteiger partial charge in [0, 0.05) is 12.7 Å². The third kappa shape index (κ3) is 3.97. The summed E-state index contributed by atoms with van der Waals surface area (Å²) in [6.45, 7) is 7.78. The summed E-state index contributed by atoms with van der Waals surface area (Å²) in [7, 11) is 1.50. The molecule has 5 heteroatoms. The Morgan fingerprint density at radius 3 is 2.43 bits per heavy atom. The summed E-state index contributed by atoms with van der Waals surface area (Å²) in [5, 5.41) is 12.0. The second-order valence-corrected chi connectivity index (χ2v) is 5.50. The van der Waals surface area contributed by atoms with E-state index >= 15 is 0 Å². The molecule has 2 N–H and O–H groups in total. The van der Waals surface area contributed by atoms with Gasteiger partial charge in [-0.15, -0.1) is 0 Å². The van der Waals surface area contributed by atoms with E-state index in [-0.39, 0.29) is 5.92 Å². The van der Waals surface area contributed by atoms with Gasteiger partial charge in [-0.3, -0.25) is 0 Å². The normalized spacial score (nSPS) is 12.1. The van der Waals surface area contributed by atoms with Crippen LogP contribution in [0.5, 0.6) is 0 Å². The molecule has 1 rings (SSSR count). The molecule has 0 fully saturated rings. The molecule has 0 radical (unpaired) electrons. The number of nitrogens with zero attached hydrogens (tertiary/aromatic N) is 1. The van der Waals surface area contributed by atoms with Crippen LogP contribution in [-0.4, -0.2) is 35.1 Å². The first-order valence-corrected chi connectivity index (χ1v) is 7.15. The number of hydrogen-bond donors (Lipinski definition) is 2. The van der Waals surface area contributed by atoms with Crippen molar-refractivity contribution in [3.05, 3.63) is 29.3 Å². The van der Waals surface area contributed by atoms with Crippen LogP contribution in [0.1, 0.15) is 44.2 Å². The molecule has 1 aromatic rings. The van der Waals surface area contributed by atoms with Crippen molar-refractivity contribution in [2.24, 2.45) is 0 Å². The summed E-state index contributed by atoms with van der Waals surface area (Å²) in [4.78, 5) is 24.7. The Bertz CT molecular complexity index is 526.